The van der Waals surface area contributed by atoms with Gasteiger partial charge in [0.05, 0.1) is 6.42 Å². The van der Waals surface area contributed by atoms with Gasteiger partial charge in [-0.1, -0.05) is 12.1 Å². The van der Waals surface area contributed by atoms with E-state index in [1.54, 1.807) is 0 Å². The number of halogens is 2. The van der Waals surface area contributed by atoms with Crippen LogP contribution in [0.5, 0.6) is 0 Å². The number of ketones is 1. The van der Waals surface area contributed by atoms with E-state index in [2.05, 4.69) is 10.1 Å². The van der Waals surface area contributed by atoms with Gasteiger partial charge in [0.15, 0.2) is 0 Å². The van der Waals surface area contributed by atoms with Crippen molar-refractivity contribution in [3.63, 3.8) is 0 Å². The highest BCUT2D eigenvalue weighted by atomic mass is 19.1. The molecule has 2 aromatic rings. The summed E-state index contributed by atoms with van der Waals surface area (Å²) in [5.41, 5.74) is 0.176. The predicted molar refractivity (Wildman–Crippen MR) is 63.3 cm³/mol. The summed E-state index contributed by atoms with van der Waals surface area (Å²) in [6, 6.07) is 2.96. The average molecular weight is 266 g/mol. The summed E-state index contributed by atoms with van der Waals surface area (Å²) < 4.78 is 31.0. The molecule has 1 aromatic heterocycles. The molecule has 19 heavy (non-hydrogen) atoms. The molecule has 0 amide bonds. The van der Waals surface area contributed by atoms with E-state index < -0.39 is 11.6 Å². The molecule has 0 radical (unpaired) electrons. The number of carbonyl (C=O) groups is 1. The molecule has 0 atom stereocenters. The maximum Gasteiger partial charge on any atom is 0.234 e. The van der Waals surface area contributed by atoms with Gasteiger partial charge in [-0.25, -0.2) is 8.78 Å². The fourth-order valence-electron chi connectivity index (χ4n) is 1.66. The van der Waals surface area contributed by atoms with Gasteiger partial charge >= 0.3 is 0 Å². The number of aromatic nitrogens is 2. The Morgan fingerprint density at radius 3 is 2.58 bits per heavy atom. The number of Topliss-reactive ketones (excluding diaryl/α,β-unsaturated/α-hetero) is 1. The van der Waals surface area contributed by atoms with Crippen LogP contribution >= 0.6 is 0 Å². The maximum atomic E-state index is 13.1. The molecule has 0 unspecified atom stereocenters. The molecule has 0 fully saturated rings. The second-order valence-electron chi connectivity index (χ2n) is 4.14. The molecule has 100 valence electrons. The zero-order valence-corrected chi connectivity index (χ0v) is 10.3. The molecule has 0 N–H and O–H groups in total. The third-order valence-electron chi connectivity index (χ3n) is 2.47. The van der Waals surface area contributed by atoms with Crippen molar-refractivity contribution in [2.24, 2.45) is 0 Å². The maximum absolute atomic E-state index is 13.1. The quantitative estimate of drug-likeness (QED) is 0.834. The Morgan fingerprint density at radius 1 is 1.26 bits per heavy atom. The Kier molecular flexibility index (Phi) is 3.99. The van der Waals surface area contributed by atoms with Gasteiger partial charge in [0, 0.05) is 18.1 Å². The molecule has 4 nitrogen and oxygen atoms in total. The van der Waals surface area contributed by atoms with E-state index in [1.165, 1.54) is 0 Å². The summed E-state index contributed by atoms with van der Waals surface area (Å²) in [6.45, 7) is 1.90. The molecule has 0 saturated carbocycles. The van der Waals surface area contributed by atoms with Crippen LogP contribution in [0.3, 0.4) is 0 Å². The van der Waals surface area contributed by atoms with Gasteiger partial charge in [0.2, 0.25) is 11.7 Å². The molecule has 0 aliphatic rings. The minimum atomic E-state index is -0.719. The number of hydrogen-bond acceptors (Lipinski definition) is 4. The highest BCUT2D eigenvalue weighted by Gasteiger charge is 2.13. The Labute approximate surface area is 108 Å². The highest BCUT2D eigenvalue weighted by molar-refractivity contribution is 5.79. The van der Waals surface area contributed by atoms with Crippen molar-refractivity contribution in [2.45, 2.75) is 26.2 Å². The third kappa shape index (κ3) is 3.43. The predicted octanol–water partition coefficient (Wildman–Crippen LogP) is 2.93. The minimum Gasteiger partial charge on any atom is -0.339 e. The first-order valence-electron chi connectivity index (χ1n) is 5.89. The summed E-state index contributed by atoms with van der Waals surface area (Å²) in [6.07, 6.45) is 1.22. The molecule has 0 saturated heterocycles. The van der Waals surface area contributed by atoms with Crippen molar-refractivity contribution < 1.29 is 18.1 Å². The van der Waals surface area contributed by atoms with Crippen LogP contribution in [0.2, 0.25) is 0 Å². The second kappa shape index (κ2) is 5.69. The standard InChI is InChI=1S/C13H12F2N2O2/c1-2-3-11(18)7-12-16-13(17-19-12)8-4-9(14)6-10(15)5-8/h4-6H,2-3,7H2,1H3. The molecule has 0 bridgehead atoms. The molecule has 1 heterocycles. The van der Waals surface area contributed by atoms with Gasteiger partial charge in [-0.3, -0.25) is 4.79 Å². The first-order chi connectivity index (χ1) is 9.08. The fraction of sp³-hybridized carbons (Fsp3) is 0.308. The summed E-state index contributed by atoms with van der Waals surface area (Å²) in [5.74, 6) is -1.23. The molecular weight excluding hydrogens is 254 g/mol. The summed E-state index contributed by atoms with van der Waals surface area (Å²) in [5, 5.41) is 3.61. The first kappa shape index (κ1) is 13.3. The normalized spacial score (nSPS) is 10.7. The highest BCUT2D eigenvalue weighted by Crippen LogP contribution is 2.19. The minimum absolute atomic E-state index is 0.0110. The van der Waals surface area contributed by atoms with Gasteiger partial charge in [-0.15, -0.1) is 0 Å². The average Bonchev–Trinajstić information content (AvgIpc) is 2.76. The zero-order valence-electron chi connectivity index (χ0n) is 10.3. The largest absolute Gasteiger partial charge is 0.339 e. The third-order valence-corrected chi connectivity index (χ3v) is 2.47. The lowest BCUT2D eigenvalue weighted by molar-refractivity contribution is -0.118. The van der Waals surface area contributed by atoms with Crippen molar-refractivity contribution in [3.8, 4) is 11.4 Å². The first-order valence-corrected chi connectivity index (χ1v) is 5.89. The van der Waals surface area contributed by atoms with Gasteiger partial charge in [0.25, 0.3) is 0 Å². The number of hydrogen-bond donors (Lipinski definition) is 0. The van der Waals surface area contributed by atoms with Crippen LogP contribution in [0.15, 0.2) is 22.7 Å². The fourth-order valence-corrected chi connectivity index (χ4v) is 1.66. The Balaban J connectivity index is 2.18. The van der Waals surface area contributed by atoms with Crippen molar-refractivity contribution in [1.29, 1.82) is 0 Å². The van der Waals surface area contributed by atoms with E-state index in [0.717, 1.165) is 24.6 Å². The van der Waals surface area contributed by atoms with Crippen LogP contribution in [0, 0.1) is 11.6 Å². The van der Waals surface area contributed by atoms with E-state index in [1.807, 2.05) is 6.92 Å². The van der Waals surface area contributed by atoms with Crippen LogP contribution in [-0.4, -0.2) is 15.9 Å². The van der Waals surface area contributed by atoms with Gasteiger partial charge in [-0.2, -0.15) is 4.98 Å². The lowest BCUT2D eigenvalue weighted by Crippen LogP contribution is -2.01. The van der Waals surface area contributed by atoms with Crippen LogP contribution in [0.1, 0.15) is 25.7 Å². The molecule has 0 aliphatic heterocycles. The second-order valence-corrected chi connectivity index (χ2v) is 4.14. The molecule has 2 rings (SSSR count). The smallest absolute Gasteiger partial charge is 0.234 e. The van der Waals surface area contributed by atoms with Crippen molar-refractivity contribution in [1.82, 2.24) is 10.1 Å². The van der Waals surface area contributed by atoms with Crippen molar-refractivity contribution in [2.75, 3.05) is 0 Å². The summed E-state index contributed by atoms with van der Waals surface area (Å²) >= 11 is 0. The lowest BCUT2D eigenvalue weighted by atomic mass is 10.2. The van der Waals surface area contributed by atoms with Crippen LogP contribution < -0.4 is 0 Å². The Bertz CT molecular complexity index is 576. The van der Waals surface area contributed by atoms with E-state index in [4.69, 9.17) is 4.52 Å². The topological polar surface area (TPSA) is 56.0 Å². The van der Waals surface area contributed by atoms with Crippen LogP contribution in [0.25, 0.3) is 11.4 Å². The molecule has 1 aromatic carbocycles. The lowest BCUT2D eigenvalue weighted by Gasteiger charge is -1.95. The van der Waals surface area contributed by atoms with Crippen LogP contribution in [0.4, 0.5) is 8.78 Å². The van der Waals surface area contributed by atoms with Gasteiger partial charge in [-0.05, 0) is 18.6 Å². The van der Waals surface area contributed by atoms with E-state index in [0.29, 0.717) is 6.42 Å². The number of nitrogens with zero attached hydrogens (tertiary/aromatic N) is 2. The zero-order chi connectivity index (χ0) is 13.8. The number of rotatable bonds is 5. The summed E-state index contributed by atoms with van der Waals surface area (Å²) in [7, 11) is 0. The van der Waals surface area contributed by atoms with Crippen LogP contribution in [-0.2, 0) is 11.2 Å². The van der Waals surface area contributed by atoms with Gasteiger partial charge in [0.1, 0.15) is 17.4 Å². The SMILES string of the molecule is CCCC(=O)Cc1nc(-c2cc(F)cc(F)c2)no1. The van der Waals surface area contributed by atoms with Gasteiger partial charge < -0.3 is 4.52 Å². The molecule has 0 spiro atoms. The molecule has 0 aliphatic carbocycles. The van der Waals surface area contributed by atoms with E-state index in [-0.39, 0.29) is 29.5 Å². The molecular formula is C13H12F2N2O2. The number of benzene rings is 1. The van der Waals surface area contributed by atoms with E-state index >= 15 is 0 Å². The monoisotopic (exact) mass is 266 g/mol. The van der Waals surface area contributed by atoms with Crippen molar-refractivity contribution in [3.05, 3.63) is 35.7 Å². The van der Waals surface area contributed by atoms with Crippen molar-refractivity contribution >= 4 is 5.78 Å². The Hall–Kier alpha value is -2.11. The van der Waals surface area contributed by atoms with E-state index in [9.17, 15) is 13.6 Å². The summed E-state index contributed by atoms with van der Waals surface area (Å²) in [4.78, 5) is 15.4. The number of carbonyl (C=O) groups excluding carboxylic acids is 1. The Morgan fingerprint density at radius 2 is 1.95 bits per heavy atom. The molecule has 6 heteroatoms.